The van der Waals surface area contributed by atoms with Crippen molar-refractivity contribution in [2.45, 2.75) is 12.5 Å². The Hall–Kier alpha value is -2.12. The topological polar surface area (TPSA) is 74.7 Å². The van der Waals surface area contributed by atoms with Crippen LogP contribution in [-0.4, -0.2) is 31.8 Å². The van der Waals surface area contributed by atoms with E-state index < -0.39 is 27.9 Å². The molecule has 128 valence electrons. The summed E-state index contributed by atoms with van der Waals surface area (Å²) in [6.45, 7) is 0. The lowest BCUT2D eigenvalue weighted by Gasteiger charge is -2.29. The number of sulfonamides is 1. The average molecular weight is 372 g/mol. The minimum atomic E-state index is -3.90. The summed E-state index contributed by atoms with van der Waals surface area (Å²) in [4.78, 5) is 11.7. The van der Waals surface area contributed by atoms with Crippen LogP contribution < -0.4 is 4.31 Å². The monoisotopic (exact) mass is 371 g/mol. The molecule has 2 rings (SSSR count). The van der Waals surface area contributed by atoms with Gasteiger partial charge in [0.2, 0.25) is 10.0 Å². The highest BCUT2D eigenvalue weighted by Crippen LogP contribution is 2.24. The molecule has 0 heterocycles. The fourth-order valence-electron chi connectivity index (χ4n) is 2.30. The van der Waals surface area contributed by atoms with Gasteiger partial charge in [0.25, 0.3) is 0 Å². The van der Waals surface area contributed by atoms with Crippen LogP contribution in [0.25, 0.3) is 0 Å². The molecule has 0 radical (unpaired) electrons. The molecule has 0 aliphatic heterocycles. The van der Waals surface area contributed by atoms with Crippen molar-refractivity contribution in [3.8, 4) is 0 Å². The third-order valence-electron chi connectivity index (χ3n) is 3.35. The molecule has 0 amide bonds. The number of halogens is 2. The first kappa shape index (κ1) is 18.2. The molecule has 1 N–H and O–H groups in total. The first-order chi connectivity index (χ1) is 11.2. The fourth-order valence-corrected chi connectivity index (χ4v) is 3.56. The largest absolute Gasteiger partial charge is 0.480 e. The van der Waals surface area contributed by atoms with Gasteiger partial charge in [-0.05, 0) is 42.0 Å². The number of carbonyl (C=O) groups is 1. The van der Waals surface area contributed by atoms with Gasteiger partial charge in [0, 0.05) is 11.4 Å². The molecule has 0 saturated carbocycles. The Bertz CT molecular complexity index is 822. The van der Waals surface area contributed by atoms with Gasteiger partial charge in [-0.25, -0.2) is 17.6 Å². The maximum absolute atomic E-state index is 13.1. The smallest absolute Gasteiger partial charge is 0.327 e. The lowest BCUT2D eigenvalue weighted by molar-refractivity contribution is -0.138. The van der Waals surface area contributed by atoms with Crippen molar-refractivity contribution in [2.24, 2.45) is 0 Å². The van der Waals surface area contributed by atoms with Crippen LogP contribution in [0.3, 0.4) is 0 Å². The second-order valence-corrected chi connectivity index (χ2v) is 7.52. The summed E-state index contributed by atoms with van der Waals surface area (Å²) in [5.74, 6) is -1.85. The maximum atomic E-state index is 13.1. The van der Waals surface area contributed by atoms with Crippen LogP contribution in [0.15, 0.2) is 48.5 Å². The van der Waals surface area contributed by atoms with Gasteiger partial charge in [-0.1, -0.05) is 23.7 Å². The van der Waals surface area contributed by atoms with Crippen molar-refractivity contribution in [3.63, 3.8) is 0 Å². The summed E-state index contributed by atoms with van der Waals surface area (Å²) in [5, 5.41) is 10.0. The van der Waals surface area contributed by atoms with Gasteiger partial charge >= 0.3 is 5.97 Å². The lowest BCUT2D eigenvalue weighted by atomic mass is 10.1. The van der Waals surface area contributed by atoms with Crippen molar-refractivity contribution in [3.05, 3.63) is 64.9 Å². The van der Waals surface area contributed by atoms with E-state index in [9.17, 15) is 22.7 Å². The molecule has 8 heteroatoms. The van der Waals surface area contributed by atoms with Gasteiger partial charge in [0.05, 0.1) is 11.9 Å². The number of rotatable bonds is 6. The van der Waals surface area contributed by atoms with E-state index in [2.05, 4.69) is 0 Å². The minimum absolute atomic E-state index is 0.0586. The van der Waals surface area contributed by atoms with Gasteiger partial charge in [0.1, 0.15) is 11.9 Å². The van der Waals surface area contributed by atoms with Crippen molar-refractivity contribution < 1.29 is 22.7 Å². The quantitative estimate of drug-likeness (QED) is 0.847. The predicted molar refractivity (Wildman–Crippen MR) is 90.3 cm³/mol. The number of carboxylic acid groups (broad SMARTS) is 1. The maximum Gasteiger partial charge on any atom is 0.327 e. The SMILES string of the molecule is CS(=O)(=O)N(c1ccc(F)cc1)[C@@H](Cc1ccc(Cl)cc1)C(=O)O. The zero-order chi connectivity index (χ0) is 17.9. The molecule has 0 spiro atoms. The van der Waals surface area contributed by atoms with Gasteiger partial charge < -0.3 is 5.11 Å². The second kappa shape index (κ2) is 7.19. The van der Waals surface area contributed by atoms with E-state index in [-0.39, 0.29) is 12.1 Å². The molecule has 0 aliphatic rings. The summed E-state index contributed by atoms with van der Waals surface area (Å²) < 4.78 is 38.2. The molecule has 0 aromatic heterocycles. The number of carboxylic acids is 1. The summed E-state index contributed by atoms with van der Waals surface area (Å²) in [7, 11) is -3.90. The molecule has 24 heavy (non-hydrogen) atoms. The molecule has 1 atom stereocenters. The molecular weight excluding hydrogens is 357 g/mol. The second-order valence-electron chi connectivity index (χ2n) is 5.22. The van der Waals surface area contributed by atoms with Crippen LogP contribution in [-0.2, 0) is 21.2 Å². The van der Waals surface area contributed by atoms with E-state index in [0.29, 0.717) is 10.6 Å². The third kappa shape index (κ3) is 4.46. The Morgan fingerprint density at radius 2 is 1.71 bits per heavy atom. The zero-order valence-electron chi connectivity index (χ0n) is 12.7. The van der Waals surface area contributed by atoms with Crippen LogP contribution in [0, 0.1) is 5.82 Å². The predicted octanol–water partition coefficient (Wildman–Crippen LogP) is 2.94. The van der Waals surface area contributed by atoms with Crippen LogP contribution >= 0.6 is 11.6 Å². The Morgan fingerprint density at radius 1 is 1.17 bits per heavy atom. The highest BCUT2D eigenvalue weighted by Gasteiger charge is 2.32. The van der Waals surface area contributed by atoms with E-state index in [1.165, 1.54) is 12.1 Å². The number of aliphatic carboxylic acids is 1. The van der Waals surface area contributed by atoms with E-state index in [0.717, 1.165) is 22.7 Å². The molecule has 0 unspecified atom stereocenters. The van der Waals surface area contributed by atoms with Crippen LogP contribution in [0.5, 0.6) is 0 Å². The van der Waals surface area contributed by atoms with Gasteiger partial charge in [-0.3, -0.25) is 4.31 Å². The Labute approximate surface area is 144 Å². The fraction of sp³-hybridized carbons (Fsp3) is 0.188. The van der Waals surface area contributed by atoms with Crippen LogP contribution in [0.2, 0.25) is 5.02 Å². The van der Waals surface area contributed by atoms with E-state index >= 15 is 0 Å². The molecule has 0 bridgehead atoms. The molecular formula is C16H15ClFNO4S. The number of hydrogen-bond donors (Lipinski definition) is 1. The van der Waals surface area contributed by atoms with E-state index in [1.807, 2.05) is 0 Å². The van der Waals surface area contributed by atoms with E-state index in [1.54, 1.807) is 24.3 Å². The number of nitrogens with zero attached hydrogens (tertiary/aromatic N) is 1. The molecule has 0 fully saturated rings. The summed E-state index contributed by atoms with van der Waals surface area (Å²) in [6, 6.07) is 9.70. The van der Waals surface area contributed by atoms with Crippen molar-refractivity contribution in [2.75, 3.05) is 10.6 Å². The Kier molecular flexibility index (Phi) is 5.46. The first-order valence-electron chi connectivity index (χ1n) is 6.90. The molecule has 5 nitrogen and oxygen atoms in total. The summed E-state index contributed by atoms with van der Waals surface area (Å²) in [5.41, 5.74) is 0.697. The standard InChI is InChI=1S/C16H15ClFNO4S/c1-24(22,23)19(14-8-6-13(18)7-9-14)15(16(20)21)10-11-2-4-12(17)5-3-11/h2-9,15H,10H2,1H3,(H,20,21)/t15-/m0/s1. The normalized spacial score (nSPS) is 12.6. The molecule has 0 aliphatic carbocycles. The average Bonchev–Trinajstić information content (AvgIpc) is 2.49. The van der Waals surface area contributed by atoms with Crippen LogP contribution in [0.1, 0.15) is 5.56 Å². The summed E-state index contributed by atoms with van der Waals surface area (Å²) >= 11 is 5.80. The Balaban J connectivity index is 2.45. The number of anilines is 1. The van der Waals surface area contributed by atoms with Gasteiger partial charge in [-0.15, -0.1) is 0 Å². The van der Waals surface area contributed by atoms with Crippen molar-refractivity contribution in [1.82, 2.24) is 0 Å². The number of benzene rings is 2. The third-order valence-corrected chi connectivity index (χ3v) is 4.78. The van der Waals surface area contributed by atoms with Gasteiger partial charge in [0.15, 0.2) is 0 Å². The lowest BCUT2D eigenvalue weighted by Crippen LogP contribution is -2.46. The molecule has 2 aromatic carbocycles. The minimum Gasteiger partial charge on any atom is -0.480 e. The van der Waals surface area contributed by atoms with Crippen LogP contribution in [0.4, 0.5) is 10.1 Å². The molecule has 0 saturated heterocycles. The van der Waals surface area contributed by atoms with Gasteiger partial charge in [-0.2, -0.15) is 0 Å². The van der Waals surface area contributed by atoms with Crippen molar-refractivity contribution in [1.29, 1.82) is 0 Å². The number of hydrogen-bond acceptors (Lipinski definition) is 3. The zero-order valence-corrected chi connectivity index (χ0v) is 14.3. The highest BCUT2D eigenvalue weighted by molar-refractivity contribution is 7.92. The first-order valence-corrected chi connectivity index (χ1v) is 9.13. The molecule has 2 aromatic rings. The highest BCUT2D eigenvalue weighted by atomic mass is 35.5. The Morgan fingerprint density at radius 3 is 2.17 bits per heavy atom. The summed E-state index contributed by atoms with van der Waals surface area (Å²) in [6.07, 6.45) is 0.852. The van der Waals surface area contributed by atoms with Crippen molar-refractivity contribution >= 4 is 33.3 Å². The van der Waals surface area contributed by atoms with E-state index in [4.69, 9.17) is 11.6 Å².